The molecule has 68 valence electrons. The van der Waals surface area contributed by atoms with E-state index in [0.29, 0.717) is 16.3 Å². The Balaban J connectivity index is 3.20. The summed E-state index contributed by atoms with van der Waals surface area (Å²) in [4.78, 5) is 11.3. The van der Waals surface area contributed by atoms with E-state index in [4.69, 9.17) is 16.3 Å². The summed E-state index contributed by atoms with van der Waals surface area (Å²) in [5.74, 6) is 0.297. The van der Waals surface area contributed by atoms with Crippen LogP contribution in [0.25, 0.3) is 0 Å². The van der Waals surface area contributed by atoms with Crippen molar-refractivity contribution in [2.45, 2.75) is 0 Å². The monoisotopic (exact) mass is 196 g/mol. The number of hydrogen-bond acceptors (Lipinski definition) is 2. The molecule has 0 N–H and O–H groups in total. The van der Waals surface area contributed by atoms with Crippen molar-refractivity contribution in [1.29, 1.82) is 0 Å². The molecule has 0 radical (unpaired) electrons. The number of hydrogen-bond donors (Lipinski definition) is 0. The molecule has 0 bridgehead atoms. The van der Waals surface area contributed by atoms with Gasteiger partial charge in [0.05, 0.1) is 12.7 Å². The van der Waals surface area contributed by atoms with Gasteiger partial charge in [-0.15, -0.1) is 0 Å². The maximum absolute atomic E-state index is 11.3. The van der Waals surface area contributed by atoms with Gasteiger partial charge < -0.3 is 4.74 Å². The Hall–Kier alpha value is -1.28. The third-order valence-corrected chi connectivity index (χ3v) is 1.85. The SMILES string of the molecule is C=CC(=O)c1ccc(Cl)cc1OC. The van der Waals surface area contributed by atoms with Crippen LogP contribution in [0.4, 0.5) is 0 Å². The van der Waals surface area contributed by atoms with Crippen molar-refractivity contribution in [3.8, 4) is 5.75 Å². The average Bonchev–Trinajstić information content (AvgIpc) is 2.16. The second-order valence-corrected chi connectivity index (χ2v) is 2.85. The molecule has 0 heterocycles. The molecule has 1 rings (SSSR count). The highest BCUT2D eigenvalue weighted by Gasteiger charge is 2.08. The number of carbonyl (C=O) groups is 1. The summed E-state index contributed by atoms with van der Waals surface area (Å²) in [6, 6.07) is 4.85. The van der Waals surface area contributed by atoms with E-state index in [0.717, 1.165) is 0 Å². The van der Waals surface area contributed by atoms with Crippen LogP contribution in [0.1, 0.15) is 10.4 Å². The van der Waals surface area contributed by atoms with Crippen LogP contribution in [0.5, 0.6) is 5.75 Å². The van der Waals surface area contributed by atoms with E-state index in [-0.39, 0.29) is 5.78 Å². The second kappa shape index (κ2) is 4.10. The number of ether oxygens (including phenoxy) is 1. The fraction of sp³-hybridized carbons (Fsp3) is 0.100. The van der Waals surface area contributed by atoms with Crippen LogP contribution in [0.15, 0.2) is 30.9 Å². The van der Waals surface area contributed by atoms with Crippen molar-refractivity contribution in [2.75, 3.05) is 7.11 Å². The minimum absolute atomic E-state index is 0.173. The zero-order valence-corrected chi connectivity index (χ0v) is 7.97. The first-order valence-electron chi connectivity index (χ1n) is 3.69. The molecule has 13 heavy (non-hydrogen) atoms. The lowest BCUT2D eigenvalue weighted by Gasteiger charge is -2.05. The van der Waals surface area contributed by atoms with Gasteiger partial charge >= 0.3 is 0 Å². The van der Waals surface area contributed by atoms with Gasteiger partial charge in [-0.05, 0) is 24.3 Å². The average molecular weight is 197 g/mol. The lowest BCUT2D eigenvalue weighted by molar-refractivity contribution is 0.104. The Kier molecular flexibility index (Phi) is 3.09. The number of benzene rings is 1. The van der Waals surface area contributed by atoms with Gasteiger partial charge in [0.1, 0.15) is 5.75 Å². The fourth-order valence-electron chi connectivity index (χ4n) is 0.979. The minimum Gasteiger partial charge on any atom is -0.496 e. The van der Waals surface area contributed by atoms with Crippen LogP contribution in [0.3, 0.4) is 0 Å². The largest absolute Gasteiger partial charge is 0.496 e. The summed E-state index contributed by atoms with van der Waals surface area (Å²) in [6.07, 6.45) is 1.24. The van der Waals surface area contributed by atoms with Crippen LogP contribution in [-0.2, 0) is 0 Å². The molecule has 3 heteroatoms. The van der Waals surface area contributed by atoms with Gasteiger partial charge in [0.25, 0.3) is 0 Å². The third kappa shape index (κ3) is 2.10. The Labute approximate surface area is 81.8 Å². The van der Waals surface area contributed by atoms with Gasteiger partial charge in [-0.3, -0.25) is 4.79 Å². The van der Waals surface area contributed by atoms with Crippen LogP contribution < -0.4 is 4.74 Å². The number of carbonyl (C=O) groups excluding carboxylic acids is 1. The van der Waals surface area contributed by atoms with Crippen LogP contribution in [0.2, 0.25) is 5.02 Å². The quantitative estimate of drug-likeness (QED) is 0.549. The second-order valence-electron chi connectivity index (χ2n) is 2.41. The van der Waals surface area contributed by atoms with E-state index >= 15 is 0 Å². The Bertz CT molecular complexity index is 345. The summed E-state index contributed by atoms with van der Waals surface area (Å²) in [5, 5.41) is 0.539. The predicted molar refractivity (Wildman–Crippen MR) is 52.5 cm³/mol. The molecular weight excluding hydrogens is 188 g/mol. The van der Waals surface area contributed by atoms with Crippen molar-refractivity contribution in [2.24, 2.45) is 0 Å². The van der Waals surface area contributed by atoms with Gasteiger partial charge in [0, 0.05) is 5.02 Å². The van der Waals surface area contributed by atoms with Gasteiger partial charge in [-0.2, -0.15) is 0 Å². The van der Waals surface area contributed by atoms with E-state index in [1.165, 1.54) is 13.2 Å². The summed E-state index contributed by atoms with van der Waals surface area (Å²) in [6.45, 7) is 3.40. The highest BCUT2D eigenvalue weighted by atomic mass is 35.5. The highest BCUT2D eigenvalue weighted by molar-refractivity contribution is 6.31. The maximum Gasteiger partial charge on any atom is 0.188 e. The normalized spacial score (nSPS) is 9.38. The number of rotatable bonds is 3. The predicted octanol–water partition coefficient (Wildman–Crippen LogP) is 2.72. The first kappa shape index (κ1) is 9.81. The minimum atomic E-state index is -0.173. The summed E-state index contributed by atoms with van der Waals surface area (Å²) < 4.78 is 5.00. The molecule has 0 spiro atoms. The summed E-state index contributed by atoms with van der Waals surface area (Å²) >= 11 is 5.73. The van der Waals surface area contributed by atoms with Crippen molar-refractivity contribution >= 4 is 17.4 Å². The number of methoxy groups -OCH3 is 1. The summed E-state index contributed by atoms with van der Waals surface area (Å²) in [7, 11) is 1.49. The fourth-order valence-corrected chi connectivity index (χ4v) is 1.14. The molecule has 0 aliphatic carbocycles. The van der Waals surface area contributed by atoms with Crippen LogP contribution in [0, 0.1) is 0 Å². The lowest BCUT2D eigenvalue weighted by atomic mass is 10.1. The molecule has 0 fully saturated rings. The molecular formula is C10H9ClO2. The van der Waals surface area contributed by atoms with Gasteiger partial charge in [-0.1, -0.05) is 18.2 Å². The van der Waals surface area contributed by atoms with Gasteiger partial charge in [0.2, 0.25) is 0 Å². The third-order valence-electron chi connectivity index (χ3n) is 1.61. The van der Waals surface area contributed by atoms with E-state index in [1.807, 2.05) is 0 Å². The Morgan fingerprint density at radius 2 is 2.31 bits per heavy atom. The number of allylic oxidation sites excluding steroid dienone is 1. The number of halogens is 1. The molecule has 0 aliphatic rings. The first-order chi connectivity index (χ1) is 6.19. The summed E-state index contributed by atoms with van der Waals surface area (Å²) in [5.41, 5.74) is 0.474. The first-order valence-corrected chi connectivity index (χ1v) is 4.07. The molecule has 0 amide bonds. The van der Waals surface area contributed by atoms with E-state index < -0.39 is 0 Å². The standard InChI is InChI=1S/C10H9ClO2/c1-3-9(12)8-5-4-7(11)6-10(8)13-2/h3-6H,1H2,2H3. The Morgan fingerprint density at radius 1 is 1.62 bits per heavy atom. The molecule has 0 aliphatic heterocycles. The van der Waals surface area contributed by atoms with Crippen LogP contribution in [-0.4, -0.2) is 12.9 Å². The zero-order valence-electron chi connectivity index (χ0n) is 7.21. The zero-order chi connectivity index (χ0) is 9.84. The molecule has 2 nitrogen and oxygen atoms in total. The molecule has 0 aromatic heterocycles. The van der Waals surface area contributed by atoms with Crippen molar-refractivity contribution in [3.05, 3.63) is 41.4 Å². The van der Waals surface area contributed by atoms with Crippen molar-refractivity contribution < 1.29 is 9.53 Å². The smallest absolute Gasteiger partial charge is 0.188 e. The topological polar surface area (TPSA) is 26.3 Å². The lowest BCUT2D eigenvalue weighted by Crippen LogP contribution is -1.97. The molecule has 0 saturated carbocycles. The van der Waals surface area contributed by atoms with Gasteiger partial charge in [0.15, 0.2) is 5.78 Å². The van der Waals surface area contributed by atoms with Crippen molar-refractivity contribution in [3.63, 3.8) is 0 Å². The Morgan fingerprint density at radius 3 is 2.85 bits per heavy atom. The van der Waals surface area contributed by atoms with E-state index in [1.54, 1.807) is 18.2 Å². The van der Waals surface area contributed by atoms with Crippen LogP contribution >= 0.6 is 11.6 Å². The number of ketones is 1. The molecule has 1 aromatic carbocycles. The van der Waals surface area contributed by atoms with Gasteiger partial charge in [-0.25, -0.2) is 0 Å². The molecule has 0 unspecified atom stereocenters. The molecule has 0 saturated heterocycles. The van der Waals surface area contributed by atoms with E-state index in [2.05, 4.69) is 6.58 Å². The molecule has 1 aromatic rings. The molecule has 0 atom stereocenters. The maximum atomic E-state index is 11.3. The van der Waals surface area contributed by atoms with Crippen molar-refractivity contribution in [1.82, 2.24) is 0 Å². The van der Waals surface area contributed by atoms with E-state index in [9.17, 15) is 4.79 Å². The highest BCUT2D eigenvalue weighted by Crippen LogP contribution is 2.23.